The summed E-state index contributed by atoms with van der Waals surface area (Å²) in [5, 5.41) is 0. The molecule has 19 heavy (non-hydrogen) atoms. The molecule has 3 nitrogen and oxygen atoms in total. The third-order valence-electron chi connectivity index (χ3n) is 5.94. The number of hydrogen-bond donors (Lipinski definition) is 0. The van der Waals surface area contributed by atoms with E-state index in [2.05, 4.69) is 17.1 Å². The summed E-state index contributed by atoms with van der Waals surface area (Å²) in [7, 11) is 0. The molecule has 4 aliphatic rings. The lowest BCUT2D eigenvalue weighted by atomic mass is 9.65. The summed E-state index contributed by atoms with van der Waals surface area (Å²) in [5.74, 6) is 0.873. The average Bonchev–Trinajstić information content (AvgIpc) is 2.94. The Morgan fingerprint density at radius 1 is 1.32 bits per heavy atom. The highest BCUT2D eigenvalue weighted by atomic mass is 16.5. The van der Waals surface area contributed by atoms with Crippen molar-refractivity contribution in [3.8, 4) is 0 Å². The lowest BCUT2D eigenvalue weighted by Crippen LogP contribution is -2.64. The van der Waals surface area contributed by atoms with E-state index in [9.17, 15) is 4.79 Å². The molecule has 0 N–H and O–H groups in total. The minimum atomic E-state index is -0.140. The number of fused-ring (bicyclic) bond motifs is 1. The quantitative estimate of drug-likeness (QED) is 0.627. The molecule has 3 heterocycles. The van der Waals surface area contributed by atoms with E-state index >= 15 is 0 Å². The van der Waals surface area contributed by atoms with Crippen molar-refractivity contribution in [2.45, 2.75) is 69.1 Å². The minimum Gasteiger partial charge on any atom is -0.361 e. The van der Waals surface area contributed by atoms with Crippen LogP contribution in [-0.2, 0) is 9.53 Å². The number of ether oxygens (including phenoxy) is 1. The summed E-state index contributed by atoms with van der Waals surface area (Å²) >= 11 is 0. The lowest BCUT2D eigenvalue weighted by molar-refractivity contribution is -0.153. The zero-order chi connectivity index (χ0) is 13.1. The lowest BCUT2D eigenvalue weighted by Gasteiger charge is -2.55. The molecule has 0 unspecified atom stereocenters. The van der Waals surface area contributed by atoms with E-state index in [1.807, 2.05) is 0 Å². The SMILES string of the molecule is CC(=O)N1C[C@@]23C=C[C@@H](C[C@H]2CC12CCCCC2)O3. The van der Waals surface area contributed by atoms with Crippen molar-refractivity contribution in [2.75, 3.05) is 6.54 Å². The number of rotatable bonds is 0. The number of piperidine rings is 1. The standard InChI is InChI=1S/C16H23NO2/c1-12(18)17-11-16-8-5-14(19-16)9-13(16)10-15(17)6-3-2-4-7-15/h5,8,13-14H,2-4,6-7,9-11H2,1H3/t13-,14-,16-/m0/s1. The monoisotopic (exact) mass is 261 g/mol. The van der Waals surface area contributed by atoms with Crippen LogP contribution in [0.5, 0.6) is 0 Å². The molecule has 3 atom stereocenters. The van der Waals surface area contributed by atoms with Crippen LogP contribution >= 0.6 is 0 Å². The number of carbonyl (C=O) groups is 1. The van der Waals surface area contributed by atoms with E-state index in [0.717, 1.165) is 13.0 Å². The maximum absolute atomic E-state index is 12.2. The van der Waals surface area contributed by atoms with E-state index in [1.165, 1.54) is 38.5 Å². The van der Waals surface area contributed by atoms with Crippen LogP contribution < -0.4 is 0 Å². The summed E-state index contributed by atoms with van der Waals surface area (Å²) in [6, 6.07) is 0. The Balaban J connectivity index is 1.69. The Morgan fingerprint density at radius 2 is 2.11 bits per heavy atom. The Labute approximate surface area is 115 Å². The van der Waals surface area contributed by atoms with Gasteiger partial charge in [0.25, 0.3) is 0 Å². The molecule has 3 heteroatoms. The molecule has 0 aromatic heterocycles. The molecule has 3 aliphatic heterocycles. The summed E-state index contributed by atoms with van der Waals surface area (Å²) in [4.78, 5) is 14.3. The van der Waals surface area contributed by atoms with Crippen LogP contribution in [0.25, 0.3) is 0 Å². The molecule has 0 radical (unpaired) electrons. The van der Waals surface area contributed by atoms with Crippen molar-refractivity contribution in [1.29, 1.82) is 0 Å². The highest BCUT2D eigenvalue weighted by Gasteiger charge is 2.59. The summed E-state index contributed by atoms with van der Waals surface area (Å²) < 4.78 is 6.17. The third kappa shape index (κ3) is 1.57. The van der Waals surface area contributed by atoms with Crippen LogP contribution in [0.4, 0.5) is 0 Å². The number of amides is 1. The highest BCUT2D eigenvalue weighted by Crippen LogP contribution is 2.54. The Morgan fingerprint density at radius 3 is 2.79 bits per heavy atom. The molecule has 2 spiro atoms. The van der Waals surface area contributed by atoms with Crippen molar-refractivity contribution in [3.05, 3.63) is 12.2 Å². The predicted molar refractivity (Wildman–Crippen MR) is 72.7 cm³/mol. The van der Waals surface area contributed by atoms with Crippen LogP contribution in [0.15, 0.2) is 12.2 Å². The van der Waals surface area contributed by atoms with Crippen molar-refractivity contribution in [3.63, 3.8) is 0 Å². The van der Waals surface area contributed by atoms with E-state index in [1.54, 1.807) is 6.92 Å². The number of nitrogens with zero attached hydrogens (tertiary/aromatic N) is 1. The molecular formula is C16H23NO2. The van der Waals surface area contributed by atoms with Crippen molar-refractivity contribution in [1.82, 2.24) is 4.90 Å². The van der Waals surface area contributed by atoms with E-state index in [4.69, 9.17) is 4.74 Å². The van der Waals surface area contributed by atoms with Gasteiger partial charge in [0.15, 0.2) is 0 Å². The fourth-order valence-electron chi connectivity index (χ4n) is 5.06. The van der Waals surface area contributed by atoms with E-state index in [-0.39, 0.29) is 17.0 Å². The maximum atomic E-state index is 12.2. The van der Waals surface area contributed by atoms with Crippen molar-refractivity contribution < 1.29 is 9.53 Å². The molecule has 104 valence electrons. The van der Waals surface area contributed by atoms with Crippen molar-refractivity contribution >= 4 is 5.91 Å². The molecule has 1 saturated carbocycles. The molecule has 2 saturated heterocycles. The van der Waals surface area contributed by atoms with Gasteiger partial charge in [-0.1, -0.05) is 31.4 Å². The largest absolute Gasteiger partial charge is 0.361 e. The Hall–Kier alpha value is -0.830. The molecular weight excluding hydrogens is 238 g/mol. The fourth-order valence-corrected chi connectivity index (χ4v) is 5.06. The fraction of sp³-hybridized carbons (Fsp3) is 0.812. The molecule has 4 rings (SSSR count). The first kappa shape index (κ1) is 12.0. The van der Waals surface area contributed by atoms with Crippen molar-refractivity contribution in [2.24, 2.45) is 5.92 Å². The number of carbonyl (C=O) groups excluding carboxylic acids is 1. The van der Waals surface area contributed by atoms with Crippen LogP contribution in [-0.4, -0.2) is 34.6 Å². The second kappa shape index (κ2) is 3.85. The predicted octanol–water partition coefficient (Wildman–Crippen LogP) is 2.66. The van der Waals surface area contributed by atoms with Gasteiger partial charge in [0.1, 0.15) is 5.60 Å². The number of hydrogen-bond acceptors (Lipinski definition) is 2. The Bertz CT molecular complexity index is 438. The van der Waals surface area contributed by atoms with Crippen LogP contribution in [0.3, 0.4) is 0 Å². The first-order valence-electron chi connectivity index (χ1n) is 7.79. The molecule has 3 fully saturated rings. The van der Waals surface area contributed by atoms with Gasteiger partial charge in [-0.15, -0.1) is 0 Å². The summed E-state index contributed by atoms with van der Waals surface area (Å²) in [5.41, 5.74) is 0.0146. The van der Waals surface area contributed by atoms with Gasteiger partial charge < -0.3 is 9.64 Å². The van der Waals surface area contributed by atoms with Gasteiger partial charge >= 0.3 is 0 Å². The van der Waals surface area contributed by atoms with Gasteiger partial charge in [0.2, 0.25) is 5.91 Å². The Kier molecular flexibility index (Phi) is 2.42. The van der Waals surface area contributed by atoms with Gasteiger partial charge in [-0.3, -0.25) is 4.79 Å². The van der Waals surface area contributed by atoms with Gasteiger partial charge in [-0.05, 0) is 31.6 Å². The zero-order valence-electron chi connectivity index (χ0n) is 11.7. The van der Waals surface area contributed by atoms with Gasteiger partial charge in [-0.25, -0.2) is 0 Å². The number of likely N-dealkylation sites (tertiary alicyclic amines) is 1. The third-order valence-corrected chi connectivity index (χ3v) is 5.94. The maximum Gasteiger partial charge on any atom is 0.220 e. The van der Waals surface area contributed by atoms with Gasteiger partial charge in [0.05, 0.1) is 12.6 Å². The van der Waals surface area contributed by atoms with E-state index < -0.39 is 0 Å². The van der Waals surface area contributed by atoms with Crippen LogP contribution in [0.2, 0.25) is 0 Å². The normalized spacial score (nSPS) is 42.7. The first-order chi connectivity index (χ1) is 9.14. The van der Waals surface area contributed by atoms with Gasteiger partial charge in [0, 0.05) is 12.5 Å². The summed E-state index contributed by atoms with van der Waals surface area (Å²) in [6.45, 7) is 2.53. The highest BCUT2D eigenvalue weighted by molar-refractivity contribution is 5.74. The smallest absolute Gasteiger partial charge is 0.220 e. The van der Waals surface area contributed by atoms with E-state index in [0.29, 0.717) is 12.0 Å². The van der Waals surface area contributed by atoms with Gasteiger partial charge in [-0.2, -0.15) is 0 Å². The zero-order valence-corrected chi connectivity index (χ0v) is 11.7. The molecule has 0 aromatic carbocycles. The molecule has 0 aromatic rings. The van der Waals surface area contributed by atoms with Crippen LogP contribution in [0.1, 0.15) is 51.9 Å². The molecule has 1 amide bonds. The first-order valence-corrected chi connectivity index (χ1v) is 7.79. The molecule has 2 bridgehead atoms. The minimum absolute atomic E-state index is 0.140. The summed E-state index contributed by atoms with van der Waals surface area (Å²) in [6.07, 6.45) is 13.4. The second-order valence-electron chi connectivity index (χ2n) is 7.00. The second-order valence-corrected chi connectivity index (χ2v) is 7.00. The molecule has 1 aliphatic carbocycles. The average molecular weight is 261 g/mol. The topological polar surface area (TPSA) is 29.5 Å². The van der Waals surface area contributed by atoms with Crippen LogP contribution in [0, 0.1) is 5.92 Å².